The second-order valence-electron chi connectivity index (χ2n) is 4.37. The van der Waals surface area contributed by atoms with Gasteiger partial charge in [0.05, 0.1) is 11.7 Å². The first-order valence-corrected chi connectivity index (χ1v) is 6.57. The van der Waals surface area contributed by atoms with Gasteiger partial charge in [-0.2, -0.15) is 0 Å². The van der Waals surface area contributed by atoms with Crippen LogP contribution in [-0.2, 0) is 6.42 Å². The van der Waals surface area contributed by atoms with Crippen LogP contribution in [0.1, 0.15) is 28.8 Å². The van der Waals surface area contributed by atoms with E-state index >= 15 is 0 Å². The van der Waals surface area contributed by atoms with Crippen molar-refractivity contribution >= 4 is 15.9 Å². The highest BCUT2D eigenvalue weighted by Gasteiger charge is 2.24. The number of imidazole rings is 1. The number of rotatable bonds is 1. The van der Waals surface area contributed by atoms with Crippen LogP contribution >= 0.6 is 15.9 Å². The van der Waals surface area contributed by atoms with Crippen LogP contribution in [-0.4, -0.2) is 16.5 Å². The zero-order valence-corrected chi connectivity index (χ0v) is 11.2. The summed E-state index contributed by atoms with van der Waals surface area (Å²) in [5.74, 6) is 1.00. The largest absolute Gasteiger partial charge is 0.346 e. The molecule has 2 heterocycles. The normalized spacial score (nSPS) is 19.1. The number of aromatic nitrogens is 2. The van der Waals surface area contributed by atoms with Gasteiger partial charge < -0.3 is 10.3 Å². The van der Waals surface area contributed by atoms with E-state index in [1.165, 1.54) is 11.3 Å². The van der Waals surface area contributed by atoms with Gasteiger partial charge in [0.2, 0.25) is 0 Å². The number of H-pyrrole nitrogens is 1. The number of halogens is 1. The minimum absolute atomic E-state index is 0.219. The second-order valence-corrected chi connectivity index (χ2v) is 5.29. The zero-order chi connectivity index (χ0) is 11.8. The van der Waals surface area contributed by atoms with Gasteiger partial charge in [-0.25, -0.2) is 4.98 Å². The third-order valence-electron chi connectivity index (χ3n) is 3.13. The Labute approximate surface area is 109 Å². The molecule has 0 bridgehead atoms. The molecule has 1 aromatic heterocycles. The van der Waals surface area contributed by atoms with Crippen LogP contribution in [0.2, 0.25) is 0 Å². The average molecular weight is 292 g/mol. The molecule has 0 spiro atoms. The number of hydrogen-bond acceptors (Lipinski definition) is 2. The topological polar surface area (TPSA) is 40.7 Å². The predicted octanol–water partition coefficient (Wildman–Crippen LogP) is 2.72. The van der Waals surface area contributed by atoms with Crippen molar-refractivity contribution in [1.29, 1.82) is 0 Å². The molecule has 0 radical (unpaired) electrons. The van der Waals surface area contributed by atoms with Crippen LogP contribution in [0.4, 0.5) is 0 Å². The molecule has 1 aromatic carbocycles. The van der Waals surface area contributed by atoms with Gasteiger partial charge in [0.25, 0.3) is 0 Å². The van der Waals surface area contributed by atoms with Gasteiger partial charge in [0.15, 0.2) is 0 Å². The van der Waals surface area contributed by atoms with Crippen LogP contribution < -0.4 is 5.32 Å². The maximum atomic E-state index is 4.60. The Morgan fingerprint density at radius 2 is 2.06 bits per heavy atom. The minimum Gasteiger partial charge on any atom is -0.346 e. The summed E-state index contributed by atoms with van der Waals surface area (Å²) in [6.07, 6.45) is 1.03. The molecular weight excluding hydrogens is 278 g/mol. The van der Waals surface area contributed by atoms with Crippen molar-refractivity contribution in [1.82, 2.24) is 15.3 Å². The molecule has 17 heavy (non-hydrogen) atoms. The van der Waals surface area contributed by atoms with E-state index in [1.54, 1.807) is 0 Å². The Kier molecular flexibility index (Phi) is 2.76. The molecule has 0 saturated heterocycles. The van der Waals surface area contributed by atoms with E-state index in [2.05, 4.69) is 55.5 Å². The fraction of sp³-hybridized carbons (Fsp3) is 0.308. The minimum atomic E-state index is 0.219. The number of nitrogens with one attached hydrogen (secondary N) is 2. The molecule has 0 aliphatic carbocycles. The van der Waals surface area contributed by atoms with Crippen molar-refractivity contribution in [3.63, 3.8) is 0 Å². The fourth-order valence-electron chi connectivity index (χ4n) is 2.36. The summed E-state index contributed by atoms with van der Waals surface area (Å²) in [5, 5.41) is 3.53. The molecule has 3 nitrogen and oxygen atoms in total. The lowest BCUT2D eigenvalue weighted by Crippen LogP contribution is -2.30. The SMILES string of the molecule is Cc1nc2c([nH]1)CCNC2c1ccc(Br)cc1. The highest BCUT2D eigenvalue weighted by Crippen LogP contribution is 2.27. The summed E-state index contributed by atoms with van der Waals surface area (Å²) >= 11 is 3.46. The van der Waals surface area contributed by atoms with E-state index in [9.17, 15) is 0 Å². The Morgan fingerprint density at radius 1 is 1.29 bits per heavy atom. The van der Waals surface area contributed by atoms with Crippen LogP contribution in [0, 0.1) is 6.92 Å². The average Bonchev–Trinajstić information content (AvgIpc) is 2.70. The zero-order valence-electron chi connectivity index (χ0n) is 9.63. The van der Waals surface area contributed by atoms with Gasteiger partial charge in [-0.3, -0.25) is 0 Å². The number of aryl methyl sites for hydroxylation is 1. The summed E-state index contributed by atoms with van der Waals surface area (Å²) in [6, 6.07) is 8.65. The van der Waals surface area contributed by atoms with Gasteiger partial charge in [-0.05, 0) is 24.6 Å². The van der Waals surface area contributed by atoms with Crippen molar-refractivity contribution in [2.75, 3.05) is 6.54 Å². The second kappa shape index (κ2) is 4.27. The van der Waals surface area contributed by atoms with E-state index in [0.717, 1.165) is 29.0 Å². The van der Waals surface area contributed by atoms with E-state index in [1.807, 2.05) is 6.92 Å². The third-order valence-corrected chi connectivity index (χ3v) is 3.66. The van der Waals surface area contributed by atoms with Gasteiger partial charge in [0, 0.05) is 23.1 Å². The Hall–Kier alpha value is -1.13. The molecule has 2 aromatic rings. The fourth-order valence-corrected chi connectivity index (χ4v) is 2.62. The van der Waals surface area contributed by atoms with E-state index < -0.39 is 0 Å². The lowest BCUT2D eigenvalue weighted by atomic mass is 9.98. The van der Waals surface area contributed by atoms with E-state index in [-0.39, 0.29) is 6.04 Å². The molecule has 2 N–H and O–H groups in total. The van der Waals surface area contributed by atoms with E-state index in [4.69, 9.17) is 0 Å². The molecule has 4 heteroatoms. The van der Waals surface area contributed by atoms with Crippen molar-refractivity contribution in [2.45, 2.75) is 19.4 Å². The highest BCUT2D eigenvalue weighted by atomic mass is 79.9. The first kappa shape index (κ1) is 11.0. The highest BCUT2D eigenvalue weighted by molar-refractivity contribution is 9.10. The Bertz CT molecular complexity index is 530. The number of hydrogen-bond donors (Lipinski definition) is 2. The first-order chi connectivity index (χ1) is 8.24. The van der Waals surface area contributed by atoms with Crippen molar-refractivity contribution in [2.24, 2.45) is 0 Å². The van der Waals surface area contributed by atoms with Gasteiger partial charge >= 0.3 is 0 Å². The van der Waals surface area contributed by atoms with Crippen LogP contribution in [0.15, 0.2) is 28.7 Å². The lowest BCUT2D eigenvalue weighted by molar-refractivity contribution is 0.553. The molecule has 1 aliphatic heterocycles. The maximum absolute atomic E-state index is 4.60. The molecule has 0 amide bonds. The van der Waals surface area contributed by atoms with Crippen molar-refractivity contribution in [3.05, 3.63) is 51.5 Å². The maximum Gasteiger partial charge on any atom is 0.103 e. The number of nitrogens with zero attached hydrogens (tertiary/aromatic N) is 1. The van der Waals surface area contributed by atoms with Gasteiger partial charge in [-0.1, -0.05) is 28.1 Å². The van der Waals surface area contributed by atoms with Gasteiger partial charge in [-0.15, -0.1) is 0 Å². The molecule has 1 aliphatic rings. The molecule has 88 valence electrons. The third kappa shape index (κ3) is 2.03. The van der Waals surface area contributed by atoms with E-state index in [0.29, 0.717) is 0 Å². The summed E-state index contributed by atoms with van der Waals surface area (Å²) in [6.45, 7) is 3.01. The Balaban J connectivity index is 2.02. The summed E-state index contributed by atoms with van der Waals surface area (Å²) < 4.78 is 1.11. The smallest absolute Gasteiger partial charge is 0.103 e. The lowest BCUT2D eigenvalue weighted by Gasteiger charge is -2.23. The molecule has 0 saturated carbocycles. The Morgan fingerprint density at radius 3 is 2.82 bits per heavy atom. The van der Waals surface area contributed by atoms with Crippen LogP contribution in [0.5, 0.6) is 0 Å². The first-order valence-electron chi connectivity index (χ1n) is 5.78. The number of fused-ring (bicyclic) bond motifs is 1. The monoisotopic (exact) mass is 291 g/mol. The van der Waals surface area contributed by atoms with Crippen LogP contribution in [0.25, 0.3) is 0 Å². The molecular formula is C13H14BrN3. The standard InChI is InChI=1S/C13H14BrN3/c1-8-16-11-6-7-15-12(13(11)17-8)9-2-4-10(14)5-3-9/h2-5,12,15H,6-7H2,1H3,(H,16,17). The molecule has 3 rings (SSSR count). The number of aromatic amines is 1. The molecule has 1 unspecified atom stereocenters. The van der Waals surface area contributed by atoms with Crippen molar-refractivity contribution < 1.29 is 0 Å². The summed E-state index contributed by atoms with van der Waals surface area (Å²) in [4.78, 5) is 7.95. The number of benzene rings is 1. The molecule has 0 fully saturated rings. The van der Waals surface area contributed by atoms with Crippen molar-refractivity contribution in [3.8, 4) is 0 Å². The summed E-state index contributed by atoms with van der Waals surface area (Å²) in [5.41, 5.74) is 3.69. The molecule has 1 atom stereocenters. The van der Waals surface area contributed by atoms with Crippen LogP contribution in [0.3, 0.4) is 0 Å². The quantitative estimate of drug-likeness (QED) is 0.848. The predicted molar refractivity (Wildman–Crippen MR) is 71.0 cm³/mol. The summed E-state index contributed by atoms with van der Waals surface area (Å²) in [7, 11) is 0. The van der Waals surface area contributed by atoms with Gasteiger partial charge in [0.1, 0.15) is 5.82 Å².